The number of imide groups is 1. The van der Waals surface area contributed by atoms with Crippen LogP contribution in [0.5, 0.6) is 17.2 Å². The molecule has 162 valence electrons. The molecule has 0 spiro atoms. The van der Waals surface area contributed by atoms with Crippen LogP contribution in [0.15, 0.2) is 41.3 Å². The summed E-state index contributed by atoms with van der Waals surface area (Å²) in [7, 11) is 0. The number of aromatic hydroxyl groups is 1. The third-order valence-electron chi connectivity index (χ3n) is 4.16. The number of phenolic OH excluding ortho intramolecular Hbond substituents is 1. The number of carbonyl (C=O) groups is 2. The minimum atomic E-state index is -0.655. The van der Waals surface area contributed by atoms with Gasteiger partial charge in [-0.1, -0.05) is 0 Å². The van der Waals surface area contributed by atoms with Gasteiger partial charge in [-0.3, -0.25) is 24.6 Å². The number of benzene rings is 2. The van der Waals surface area contributed by atoms with Gasteiger partial charge in [0.2, 0.25) is 0 Å². The monoisotopic (exact) mass is 448 g/mol. The van der Waals surface area contributed by atoms with Crippen molar-refractivity contribution < 1.29 is 33.5 Å². The van der Waals surface area contributed by atoms with E-state index in [-0.39, 0.29) is 47.4 Å². The van der Waals surface area contributed by atoms with Gasteiger partial charge in [0.25, 0.3) is 16.8 Å². The first-order chi connectivity index (χ1) is 14.8. The molecule has 1 heterocycles. The second-order valence-corrected chi connectivity index (χ2v) is 7.20. The molecule has 2 aromatic carbocycles. The fourth-order valence-electron chi connectivity index (χ4n) is 2.71. The van der Waals surface area contributed by atoms with E-state index in [2.05, 4.69) is 0 Å². The number of nitro benzene ring substituents is 1. The summed E-state index contributed by atoms with van der Waals surface area (Å²) in [4.78, 5) is 36.3. The Bertz CT molecular complexity index is 1060. The number of nitro groups is 1. The molecule has 0 atom stereocenters. The first-order valence-corrected chi connectivity index (χ1v) is 9.89. The summed E-state index contributed by atoms with van der Waals surface area (Å²) in [5.74, 6) is -1.13. The Labute approximate surface area is 180 Å². The van der Waals surface area contributed by atoms with Gasteiger partial charge in [0.05, 0.1) is 29.0 Å². The third kappa shape index (κ3) is 5.12. The van der Waals surface area contributed by atoms with Crippen molar-refractivity contribution in [1.29, 1.82) is 0 Å². The van der Waals surface area contributed by atoms with Crippen molar-refractivity contribution in [1.82, 2.24) is 4.90 Å². The van der Waals surface area contributed by atoms with Crippen LogP contribution in [-0.4, -0.2) is 45.8 Å². The number of phenols is 1. The highest BCUT2D eigenvalue weighted by molar-refractivity contribution is 8.18. The second kappa shape index (κ2) is 9.47. The molecule has 1 aliphatic heterocycles. The Kier molecular flexibility index (Phi) is 6.75. The van der Waals surface area contributed by atoms with Crippen molar-refractivity contribution in [2.75, 3.05) is 19.8 Å². The summed E-state index contributed by atoms with van der Waals surface area (Å²) < 4.78 is 23.5. The molecule has 2 amide bonds. The lowest BCUT2D eigenvalue weighted by Crippen LogP contribution is -2.32. The highest BCUT2D eigenvalue weighted by Gasteiger charge is 2.35. The summed E-state index contributed by atoms with van der Waals surface area (Å²) >= 11 is 0.639. The molecule has 1 aliphatic rings. The SMILES string of the molecule is CCOc1cc([N+](=O)[O-])cc(/C=C2\SC(=O)N(CCOc3ccc(F)cc3)C2=O)c1O. The fourth-order valence-corrected chi connectivity index (χ4v) is 3.57. The molecule has 0 aromatic heterocycles. The number of nitrogens with zero attached hydrogens (tertiary/aromatic N) is 2. The Morgan fingerprint density at radius 2 is 1.94 bits per heavy atom. The first-order valence-electron chi connectivity index (χ1n) is 9.08. The summed E-state index contributed by atoms with van der Waals surface area (Å²) in [6.07, 6.45) is 1.20. The largest absolute Gasteiger partial charge is 0.504 e. The molecule has 9 nitrogen and oxygen atoms in total. The molecule has 0 saturated carbocycles. The van der Waals surface area contributed by atoms with Gasteiger partial charge in [0.15, 0.2) is 11.5 Å². The fraction of sp³-hybridized carbons (Fsp3) is 0.200. The van der Waals surface area contributed by atoms with Gasteiger partial charge in [-0.15, -0.1) is 0 Å². The maximum atomic E-state index is 12.9. The van der Waals surface area contributed by atoms with Crippen LogP contribution in [0.3, 0.4) is 0 Å². The van der Waals surface area contributed by atoms with E-state index in [1.807, 2.05) is 0 Å². The number of carbonyl (C=O) groups excluding carboxylic acids is 2. The maximum Gasteiger partial charge on any atom is 0.293 e. The van der Waals surface area contributed by atoms with Gasteiger partial charge in [-0.2, -0.15) is 0 Å². The van der Waals surface area contributed by atoms with Crippen LogP contribution in [-0.2, 0) is 4.79 Å². The standard InChI is InChI=1S/C20H17FN2O7S/c1-2-29-16-11-14(23(27)28)9-12(18(16)24)10-17-19(25)22(20(26)31-17)7-8-30-15-5-3-13(21)4-6-15/h3-6,9-11,24H,2,7-8H2,1H3/b17-10-. The molecule has 1 N–H and O–H groups in total. The van der Waals surface area contributed by atoms with Gasteiger partial charge in [-0.05, 0) is 49.0 Å². The Morgan fingerprint density at radius 1 is 1.23 bits per heavy atom. The van der Waals surface area contributed by atoms with Crippen molar-refractivity contribution >= 4 is 34.7 Å². The summed E-state index contributed by atoms with van der Waals surface area (Å²) in [6, 6.07) is 7.45. The van der Waals surface area contributed by atoms with Crippen LogP contribution in [0.4, 0.5) is 14.9 Å². The van der Waals surface area contributed by atoms with E-state index >= 15 is 0 Å². The normalized spacial score (nSPS) is 14.9. The highest BCUT2D eigenvalue weighted by atomic mass is 32.2. The Morgan fingerprint density at radius 3 is 2.58 bits per heavy atom. The quantitative estimate of drug-likeness (QED) is 0.366. The smallest absolute Gasteiger partial charge is 0.293 e. The molecular weight excluding hydrogens is 431 g/mol. The van der Waals surface area contributed by atoms with Crippen LogP contribution >= 0.6 is 11.8 Å². The predicted molar refractivity (Wildman–Crippen MR) is 111 cm³/mol. The van der Waals surface area contributed by atoms with Gasteiger partial charge in [0.1, 0.15) is 18.2 Å². The maximum absolute atomic E-state index is 12.9. The zero-order chi connectivity index (χ0) is 22.5. The van der Waals surface area contributed by atoms with Gasteiger partial charge in [0, 0.05) is 11.6 Å². The van der Waals surface area contributed by atoms with E-state index < -0.39 is 21.9 Å². The van der Waals surface area contributed by atoms with E-state index in [4.69, 9.17) is 9.47 Å². The van der Waals surface area contributed by atoms with Gasteiger partial charge >= 0.3 is 0 Å². The van der Waals surface area contributed by atoms with Crippen molar-refractivity contribution in [3.63, 3.8) is 0 Å². The van der Waals surface area contributed by atoms with Gasteiger partial charge < -0.3 is 14.6 Å². The Hall–Kier alpha value is -3.60. The lowest BCUT2D eigenvalue weighted by Gasteiger charge is -2.13. The summed E-state index contributed by atoms with van der Waals surface area (Å²) in [6.45, 7) is 1.76. The molecule has 11 heteroatoms. The van der Waals surface area contributed by atoms with E-state index in [0.717, 1.165) is 17.0 Å². The van der Waals surface area contributed by atoms with E-state index in [9.17, 15) is 29.2 Å². The van der Waals surface area contributed by atoms with Crippen LogP contribution in [0, 0.1) is 15.9 Å². The van der Waals surface area contributed by atoms with Crippen LogP contribution in [0.25, 0.3) is 6.08 Å². The number of non-ortho nitro benzene ring substituents is 1. The lowest BCUT2D eigenvalue weighted by atomic mass is 10.1. The number of ether oxygens (including phenoxy) is 2. The van der Waals surface area contributed by atoms with Crippen molar-refractivity contribution in [3.05, 3.63) is 62.8 Å². The average molecular weight is 448 g/mol. The number of hydrogen-bond acceptors (Lipinski definition) is 8. The van der Waals surface area contributed by atoms with E-state index in [0.29, 0.717) is 17.5 Å². The van der Waals surface area contributed by atoms with Crippen molar-refractivity contribution in [2.45, 2.75) is 6.92 Å². The average Bonchev–Trinajstić information content (AvgIpc) is 2.99. The highest BCUT2D eigenvalue weighted by Crippen LogP contribution is 2.39. The topological polar surface area (TPSA) is 119 Å². The molecule has 3 rings (SSSR count). The summed E-state index contributed by atoms with van der Waals surface area (Å²) in [5, 5.41) is 20.9. The van der Waals surface area contributed by atoms with Crippen molar-refractivity contribution in [3.8, 4) is 17.2 Å². The first kappa shape index (κ1) is 22.1. The van der Waals surface area contributed by atoms with Crippen LogP contribution in [0.2, 0.25) is 0 Å². The zero-order valence-corrected chi connectivity index (χ0v) is 17.1. The molecule has 0 bridgehead atoms. The van der Waals surface area contributed by atoms with E-state index in [1.165, 1.54) is 30.3 Å². The van der Waals surface area contributed by atoms with E-state index in [1.54, 1.807) is 6.92 Å². The molecule has 0 radical (unpaired) electrons. The molecule has 2 aromatic rings. The zero-order valence-electron chi connectivity index (χ0n) is 16.2. The number of halogens is 1. The Balaban J connectivity index is 1.76. The molecule has 1 fully saturated rings. The number of thioether (sulfide) groups is 1. The van der Waals surface area contributed by atoms with Crippen LogP contribution in [0.1, 0.15) is 12.5 Å². The molecule has 31 heavy (non-hydrogen) atoms. The van der Waals surface area contributed by atoms with Crippen LogP contribution < -0.4 is 9.47 Å². The second-order valence-electron chi connectivity index (χ2n) is 6.21. The van der Waals surface area contributed by atoms with Crippen molar-refractivity contribution in [2.24, 2.45) is 0 Å². The molecule has 0 unspecified atom stereocenters. The third-order valence-corrected chi connectivity index (χ3v) is 5.06. The van der Waals surface area contributed by atoms with Gasteiger partial charge in [-0.25, -0.2) is 4.39 Å². The lowest BCUT2D eigenvalue weighted by molar-refractivity contribution is -0.385. The summed E-state index contributed by atoms with van der Waals surface area (Å²) in [5.41, 5.74) is -0.356. The molecule has 0 aliphatic carbocycles. The molecule has 1 saturated heterocycles. The minimum Gasteiger partial charge on any atom is -0.504 e. The number of rotatable bonds is 8. The number of amides is 2. The number of hydrogen-bond donors (Lipinski definition) is 1. The molecular formula is C20H17FN2O7S. The predicted octanol–water partition coefficient (Wildman–Crippen LogP) is 3.95. The minimum absolute atomic E-state index is 0.00645.